The van der Waals surface area contributed by atoms with Gasteiger partial charge in [0.1, 0.15) is 30.2 Å². The minimum atomic E-state index is -2.17. The Hall–Kier alpha value is -1.47. The minimum absolute atomic E-state index is 0.00212. The van der Waals surface area contributed by atoms with Crippen LogP contribution in [0.2, 0.25) is 0 Å². The summed E-state index contributed by atoms with van der Waals surface area (Å²) >= 11 is 0. The van der Waals surface area contributed by atoms with E-state index < -0.39 is 58.8 Å². The molecule has 0 radical (unpaired) electrons. The summed E-state index contributed by atoms with van der Waals surface area (Å²) in [5.41, 5.74) is -2.13. The van der Waals surface area contributed by atoms with Gasteiger partial charge in [-0.25, -0.2) is 21.7 Å². The van der Waals surface area contributed by atoms with Gasteiger partial charge < -0.3 is 20.1 Å². The third kappa shape index (κ3) is 16.2. The largest absolute Gasteiger partial charge is 0.390 e. The molecule has 15 aliphatic rings. The molecule has 3 N–H and O–H groups in total. The van der Waals surface area contributed by atoms with Gasteiger partial charge in [0, 0.05) is 151 Å². The summed E-state index contributed by atoms with van der Waals surface area (Å²) in [6.45, 7) is 19.6. The number of carbonyl (C=O) groups excluding carboxylic acids is 3. The summed E-state index contributed by atoms with van der Waals surface area (Å²) in [6.07, 6.45) is 30.7. The summed E-state index contributed by atoms with van der Waals surface area (Å²) in [5.74, 6) is 21.7. The predicted octanol–water partition coefficient (Wildman–Crippen LogP) is 9.89. The van der Waals surface area contributed by atoms with Crippen molar-refractivity contribution in [3.05, 3.63) is 0 Å². The van der Waals surface area contributed by atoms with Crippen molar-refractivity contribution in [2.24, 2.45) is 123 Å². The summed E-state index contributed by atoms with van der Waals surface area (Å²) in [7, 11) is -4.78. The van der Waals surface area contributed by atoms with Gasteiger partial charge in [-0.15, -0.1) is 0 Å². The predicted molar refractivity (Wildman–Crippen MR) is 413 cm³/mol. The molecule has 3 unspecified atom stereocenters. The zero-order valence-electron chi connectivity index (χ0n) is 64.9. The number of Topliss-reactive ketones (excluding diaryl/α,β-unsaturated/α-hetero) is 3. The number of alkyl halides is 2. The quantitative estimate of drug-likeness (QED) is 0.131. The maximum Gasteiger partial charge on any atom is 0.150 e. The Morgan fingerprint density at radius 2 is 0.748 bits per heavy atom. The van der Waals surface area contributed by atoms with Crippen LogP contribution in [0, 0.1) is 123 Å². The van der Waals surface area contributed by atoms with Crippen molar-refractivity contribution in [2.45, 2.75) is 218 Å². The first-order valence-electron chi connectivity index (χ1n) is 41.3. The number of aliphatic hydroxyl groups is 3. The topological polar surface area (TPSA) is 192 Å². The molecule has 15 rings (SSSR count). The van der Waals surface area contributed by atoms with Gasteiger partial charge in [-0.05, 0) is 296 Å². The number of methoxy groups -OCH3 is 1. The van der Waals surface area contributed by atoms with E-state index in [2.05, 4.69) is 53.1 Å². The first-order valence-corrected chi connectivity index (χ1v) is 47.6. The zero-order chi connectivity index (χ0) is 73.8. The summed E-state index contributed by atoms with van der Waals surface area (Å²) < 4.78 is 76.8. The molecule has 28 atom stereocenters. The number of halogens is 2. The fourth-order valence-electron chi connectivity index (χ4n) is 27.8. The van der Waals surface area contributed by atoms with Crippen molar-refractivity contribution in [1.82, 2.24) is 27.6 Å². The number of fused-ring (bicyclic) bond motifs is 15. The molecule has 16 nitrogen and oxygen atoms in total. The van der Waals surface area contributed by atoms with Crippen LogP contribution in [0.3, 0.4) is 0 Å². The van der Waals surface area contributed by atoms with Crippen molar-refractivity contribution >= 4 is 64.1 Å². The lowest BCUT2D eigenvalue weighted by Crippen LogP contribution is -2.55. The third-order valence-electron chi connectivity index (χ3n) is 33.1. The Morgan fingerprint density at radius 1 is 0.417 bits per heavy atom. The van der Waals surface area contributed by atoms with E-state index in [1.54, 1.807) is 25.9 Å². The number of piperazine rings is 3. The van der Waals surface area contributed by atoms with Crippen LogP contribution in [0.1, 0.15) is 195 Å². The molecule has 103 heavy (non-hydrogen) atoms. The number of carbonyl (C=O) groups is 3. The van der Waals surface area contributed by atoms with E-state index in [0.29, 0.717) is 147 Å². The van der Waals surface area contributed by atoms with Crippen molar-refractivity contribution in [1.29, 1.82) is 0 Å². The summed E-state index contributed by atoms with van der Waals surface area (Å²) in [4.78, 5) is 47.5. The standard InChI is InChI=1S/C28H48N2O4S.2C27H45FN2O3S/c1-27-11-9-22-21-10-12-28(32,19-34-2)17-20(21)5-6-23(22)24(27)7-8-25(27)26(31)18-29-13-15-30(16-14-29)35(3,4)33;1-26(32)9-7-19-18-8-10-27(2)22(20(18)15-24(28)21(19)16-26)5-6-23(27)25(31)17-29-11-13-30(14-12-29)34(3,4)33;1-26-10-8-21-20-9-11-27(32,18-28)16-19(20)4-5-22(21)23(26)6-7-24(26)25(31)17-29-12-14-30(15-13-29)34(2,3)33/h20-25,32H,3,5-19H2,1-2,4H3;18-24,32H,3,5-17H2,1-2,4H3;19-24,32H,2,4-18H2,1,3H3/t20-,21-,22+,23+,24-,25+,27-,28+,35?;18-,19-,20-,21-,22+,23-,24-,26-,27+,34?;19-,20-,21+,22+,23-,24+,26-,27+,34?/m010/s1. The smallest absolute Gasteiger partial charge is 0.150 e. The van der Waals surface area contributed by atoms with E-state index in [1.807, 2.05) is 19.8 Å². The van der Waals surface area contributed by atoms with Crippen LogP contribution in [0.25, 0.3) is 0 Å². The second-order valence-electron chi connectivity index (χ2n) is 39.0. The summed E-state index contributed by atoms with van der Waals surface area (Å²) in [5, 5.41) is 32.1. The molecule has 0 spiro atoms. The lowest BCUT2D eigenvalue weighted by molar-refractivity contribution is -0.139. The Kier molecular flexibility index (Phi) is 23.6. The second kappa shape index (κ2) is 30.6. The van der Waals surface area contributed by atoms with Crippen LogP contribution >= 0.6 is 0 Å². The van der Waals surface area contributed by atoms with E-state index in [4.69, 9.17) is 4.74 Å². The van der Waals surface area contributed by atoms with Gasteiger partial charge in [-0.3, -0.25) is 41.7 Å². The number of ketones is 3. The van der Waals surface area contributed by atoms with Gasteiger partial charge in [-0.2, -0.15) is 0 Å². The van der Waals surface area contributed by atoms with Crippen LogP contribution in [0.4, 0.5) is 8.78 Å². The van der Waals surface area contributed by atoms with E-state index >= 15 is 4.39 Å². The Labute approximate surface area is 621 Å². The highest BCUT2D eigenvalue weighted by molar-refractivity contribution is 7.98. The second-order valence-corrected chi connectivity index (χ2v) is 46.3. The molecule has 0 bridgehead atoms. The molecule has 0 amide bonds. The molecule has 3 heterocycles. The van der Waals surface area contributed by atoms with Crippen LogP contribution in [-0.2, 0) is 48.2 Å². The average Bonchev–Trinajstić information content (AvgIpc) is 1.67. The Bertz CT molecular complexity index is 3380. The monoisotopic (exact) mass is 1500 g/mol. The molecule has 21 heteroatoms. The third-order valence-corrected chi connectivity index (χ3v) is 37.4. The van der Waals surface area contributed by atoms with Gasteiger partial charge >= 0.3 is 0 Å². The van der Waals surface area contributed by atoms with Gasteiger partial charge in [-0.1, -0.05) is 20.8 Å². The molecule has 0 aromatic carbocycles. The minimum Gasteiger partial charge on any atom is -0.390 e. The first-order chi connectivity index (χ1) is 48.5. The first kappa shape index (κ1) is 79.6. The van der Waals surface area contributed by atoms with Gasteiger partial charge in [0.25, 0.3) is 0 Å². The van der Waals surface area contributed by atoms with Crippen molar-refractivity contribution in [3.63, 3.8) is 0 Å². The highest BCUT2D eigenvalue weighted by Crippen LogP contribution is 2.68. The Morgan fingerprint density at radius 3 is 1.12 bits per heavy atom. The zero-order valence-corrected chi connectivity index (χ0v) is 67.3. The molecular weight excluding hydrogens is 1360 g/mol. The number of rotatable bonds is 15. The average molecular weight is 1500 g/mol. The van der Waals surface area contributed by atoms with E-state index in [9.17, 15) is 46.7 Å². The molecule has 3 aliphatic heterocycles. The summed E-state index contributed by atoms with van der Waals surface area (Å²) in [6, 6.07) is 0. The molecule has 0 aromatic heterocycles. The molecule has 0 aromatic rings. The Balaban J connectivity index is 0.000000138. The lowest BCUT2D eigenvalue weighted by Gasteiger charge is -2.57. The molecule has 15 fully saturated rings. The SMILES string of the molecule is C=S(C)(=O)N1CCN(CC(=O)[C@H]2CC[C@H]3[C@@H]4CC[C@H]5C[C@@](O)(CF)CC[C@@H]5[C@H]4CC[C@]23C)CC1.C=S(C)(=O)N1CCN(CC(=O)[C@H]2CC[C@H]3[C@@H]4CC[C@H]5C[C@@](O)(COC)CC[C@@H]5[C@H]4CC[C@]23C)CC1.C=S(C)(=O)N1CCN(CC(=O)[C@H]2CC[C@H]3[C@@H]4C[C@@H](F)[C@@H]5C[C@](C)(O)CC[C@@H]5[C@H]4CC[C@]23C)CC1. The van der Waals surface area contributed by atoms with E-state index in [-0.39, 0.29) is 39.9 Å². The number of hydrogen-bond acceptors (Lipinski definition) is 13. The van der Waals surface area contributed by atoms with Crippen LogP contribution in [-0.4, -0.2) is 251 Å². The van der Waals surface area contributed by atoms with Crippen LogP contribution < -0.4 is 0 Å². The molecule has 588 valence electrons. The normalized spacial score (nSPS) is 47.7. The van der Waals surface area contributed by atoms with Crippen LogP contribution in [0.15, 0.2) is 0 Å². The van der Waals surface area contributed by atoms with Crippen molar-refractivity contribution < 1.29 is 55.8 Å². The van der Waals surface area contributed by atoms with Gasteiger partial charge in [0.2, 0.25) is 0 Å². The van der Waals surface area contributed by atoms with Gasteiger partial charge in [0.05, 0.1) is 43.0 Å². The lowest BCUT2D eigenvalue weighted by atomic mass is 9.48. The van der Waals surface area contributed by atoms with Crippen molar-refractivity contribution in [3.8, 4) is 0 Å². The number of hydrogen-bond donors (Lipinski definition) is 3. The highest BCUT2D eigenvalue weighted by atomic mass is 32.2. The maximum atomic E-state index is 15.5. The van der Waals surface area contributed by atoms with E-state index in [0.717, 1.165) is 173 Å². The fraction of sp³-hybridized carbons (Fsp3) is 0.927. The van der Waals surface area contributed by atoms with Crippen LogP contribution in [0.5, 0.6) is 0 Å². The molecular formula is C82H138F2N6O10S3. The molecule has 3 saturated heterocycles. The highest BCUT2D eigenvalue weighted by Gasteiger charge is 2.64. The van der Waals surface area contributed by atoms with Gasteiger partial charge in [0.15, 0.2) is 0 Å². The molecule has 12 saturated carbocycles. The molecule has 12 aliphatic carbocycles. The number of ether oxygens (including phenoxy) is 1. The maximum absolute atomic E-state index is 15.5. The number of nitrogens with zero attached hydrogens (tertiary/aromatic N) is 6. The van der Waals surface area contributed by atoms with Crippen molar-refractivity contribution in [2.75, 3.05) is 137 Å². The fourth-order valence-corrected chi connectivity index (χ4v) is 30.7. The van der Waals surface area contributed by atoms with E-state index in [1.165, 1.54) is 51.4 Å².